The van der Waals surface area contributed by atoms with Gasteiger partial charge in [-0.3, -0.25) is 14.4 Å². The number of hydrogen-bond donors (Lipinski definition) is 3. The summed E-state index contributed by atoms with van der Waals surface area (Å²) in [6.45, 7) is 1.80. The van der Waals surface area contributed by atoms with Crippen LogP contribution in [0.3, 0.4) is 0 Å². The molecule has 0 aliphatic carbocycles. The number of rotatable bonds is 12. The molecule has 0 aliphatic rings. The molecule has 1 heterocycles. The number of oxazole rings is 1. The standard InChI is InChI=1S/C40H34N4O6S/c1-25(37(45)41-29-21-19-27(20-22-29)40-44-32-16-7-8-17-34(32)50-40)51-31-15-10-14-30(24-31)42-39(47)33(43-38(46)26-11-5-4-6-12-26)23-28-13-9-18-35(48-2)36(28)49-3/h4-25H,1-3H3,(H,41,45)(H,42,47)(H,43,46)/b33-23+. The first kappa shape index (κ1) is 34.5. The van der Waals surface area contributed by atoms with Gasteiger partial charge in [0.2, 0.25) is 11.8 Å². The quantitative estimate of drug-likeness (QED) is 0.0865. The van der Waals surface area contributed by atoms with Crippen LogP contribution in [0.5, 0.6) is 11.5 Å². The number of para-hydroxylation sites is 3. The van der Waals surface area contributed by atoms with E-state index in [9.17, 15) is 14.4 Å². The summed E-state index contributed by atoms with van der Waals surface area (Å²) in [7, 11) is 3.02. The van der Waals surface area contributed by atoms with Gasteiger partial charge in [0.15, 0.2) is 17.1 Å². The van der Waals surface area contributed by atoms with Crippen molar-refractivity contribution in [1.82, 2.24) is 10.3 Å². The van der Waals surface area contributed by atoms with E-state index in [2.05, 4.69) is 20.9 Å². The molecule has 0 radical (unpaired) electrons. The van der Waals surface area contributed by atoms with Crippen molar-refractivity contribution in [2.45, 2.75) is 17.1 Å². The third-order valence-electron chi connectivity index (χ3n) is 7.73. The predicted molar refractivity (Wildman–Crippen MR) is 200 cm³/mol. The lowest BCUT2D eigenvalue weighted by atomic mass is 10.1. The molecule has 10 nitrogen and oxygen atoms in total. The summed E-state index contributed by atoms with van der Waals surface area (Å²) in [6.07, 6.45) is 1.53. The summed E-state index contributed by atoms with van der Waals surface area (Å²) in [4.78, 5) is 45.2. The number of hydrogen-bond acceptors (Lipinski definition) is 8. The second-order valence-corrected chi connectivity index (χ2v) is 12.7. The second kappa shape index (κ2) is 15.9. The summed E-state index contributed by atoms with van der Waals surface area (Å²) in [5, 5.41) is 8.11. The van der Waals surface area contributed by atoms with Crippen molar-refractivity contribution >= 4 is 58.0 Å². The topological polar surface area (TPSA) is 132 Å². The highest BCUT2D eigenvalue weighted by Crippen LogP contribution is 2.33. The molecule has 1 aromatic heterocycles. The molecule has 0 saturated heterocycles. The van der Waals surface area contributed by atoms with E-state index in [1.54, 1.807) is 85.8 Å². The first-order valence-corrected chi connectivity index (χ1v) is 16.8. The summed E-state index contributed by atoms with van der Waals surface area (Å²) in [5.41, 5.74) is 4.30. The normalized spacial score (nSPS) is 11.8. The number of benzene rings is 5. The fraction of sp³-hybridized carbons (Fsp3) is 0.100. The molecule has 0 fully saturated rings. The van der Waals surface area contributed by atoms with Crippen LogP contribution in [0, 0.1) is 0 Å². The van der Waals surface area contributed by atoms with Crippen molar-refractivity contribution < 1.29 is 28.3 Å². The molecule has 0 aliphatic heterocycles. The molecule has 51 heavy (non-hydrogen) atoms. The highest BCUT2D eigenvalue weighted by atomic mass is 32.2. The van der Waals surface area contributed by atoms with Crippen LogP contribution in [0.1, 0.15) is 22.8 Å². The van der Waals surface area contributed by atoms with Gasteiger partial charge >= 0.3 is 0 Å². The van der Waals surface area contributed by atoms with Crippen molar-refractivity contribution in [3.63, 3.8) is 0 Å². The van der Waals surface area contributed by atoms with Crippen molar-refractivity contribution in [1.29, 1.82) is 0 Å². The maximum absolute atomic E-state index is 13.7. The molecule has 1 atom stereocenters. The number of thioether (sulfide) groups is 1. The smallest absolute Gasteiger partial charge is 0.272 e. The maximum Gasteiger partial charge on any atom is 0.272 e. The van der Waals surface area contributed by atoms with Crippen LogP contribution < -0.4 is 25.4 Å². The lowest BCUT2D eigenvalue weighted by Gasteiger charge is -2.15. The van der Waals surface area contributed by atoms with Crippen molar-refractivity contribution in [3.8, 4) is 23.0 Å². The number of ether oxygens (including phenoxy) is 2. The van der Waals surface area contributed by atoms with Gasteiger partial charge in [-0.25, -0.2) is 4.98 Å². The third kappa shape index (κ3) is 8.46. The zero-order chi connectivity index (χ0) is 35.7. The van der Waals surface area contributed by atoms with E-state index in [-0.39, 0.29) is 11.6 Å². The van der Waals surface area contributed by atoms with Crippen molar-refractivity contribution in [2.24, 2.45) is 0 Å². The number of nitrogens with zero attached hydrogens (tertiary/aromatic N) is 1. The van der Waals surface area contributed by atoms with Crippen molar-refractivity contribution in [2.75, 3.05) is 24.9 Å². The monoisotopic (exact) mass is 698 g/mol. The molecule has 3 amide bonds. The highest BCUT2D eigenvalue weighted by Gasteiger charge is 2.19. The second-order valence-electron chi connectivity index (χ2n) is 11.3. The van der Waals surface area contributed by atoms with Gasteiger partial charge in [-0.05, 0) is 85.8 Å². The Kier molecular flexibility index (Phi) is 10.8. The first-order chi connectivity index (χ1) is 24.8. The Labute approximate surface area is 298 Å². The van der Waals surface area contributed by atoms with Gasteiger partial charge in [-0.2, -0.15) is 0 Å². The molecule has 6 rings (SSSR count). The van der Waals surface area contributed by atoms with E-state index in [4.69, 9.17) is 13.9 Å². The van der Waals surface area contributed by atoms with Gasteiger partial charge in [-0.15, -0.1) is 11.8 Å². The summed E-state index contributed by atoms with van der Waals surface area (Å²) >= 11 is 1.34. The minimum absolute atomic E-state index is 0.0108. The number of carbonyl (C=O) groups excluding carboxylic acids is 3. The molecule has 256 valence electrons. The van der Waals surface area contributed by atoms with E-state index < -0.39 is 17.1 Å². The molecule has 5 aromatic carbocycles. The zero-order valence-electron chi connectivity index (χ0n) is 28.0. The number of amides is 3. The molecule has 1 unspecified atom stereocenters. The molecule has 11 heteroatoms. The minimum Gasteiger partial charge on any atom is -0.493 e. The molecule has 6 aromatic rings. The van der Waals surface area contributed by atoms with Crippen LogP contribution in [-0.2, 0) is 9.59 Å². The number of aromatic nitrogens is 1. The van der Waals surface area contributed by atoms with Crippen LogP contribution in [0.25, 0.3) is 28.6 Å². The first-order valence-electron chi connectivity index (χ1n) is 16.0. The van der Waals surface area contributed by atoms with Gasteiger partial charge in [-0.1, -0.05) is 48.5 Å². The Bertz CT molecular complexity index is 2180. The van der Waals surface area contributed by atoms with E-state index in [0.29, 0.717) is 45.5 Å². The van der Waals surface area contributed by atoms with Gasteiger partial charge in [0.05, 0.1) is 19.5 Å². The minimum atomic E-state index is -0.557. The fourth-order valence-electron chi connectivity index (χ4n) is 5.16. The molecule has 3 N–H and O–H groups in total. The lowest BCUT2D eigenvalue weighted by Crippen LogP contribution is -2.30. The third-order valence-corrected chi connectivity index (χ3v) is 8.82. The molecular formula is C40H34N4O6S. The van der Waals surface area contributed by atoms with Crippen LogP contribution in [0.4, 0.5) is 11.4 Å². The zero-order valence-corrected chi connectivity index (χ0v) is 28.8. The molecular weight excluding hydrogens is 665 g/mol. The van der Waals surface area contributed by atoms with E-state index in [0.717, 1.165) is 16.0 Å². The van der Waals surface area contributed by atoms with Crippen molar-refractivity contribution in [3.05, 3.63) is 138 Å². The Morgan fingerprint density at radius 3 is 2.27 bits per heavy atom. The van der Waals surface area contributed by atoms with Crippen LogP contribution in [-0.4, -0.2) is 42.2 Å². The van der Waals surface area contributed by atoms with Gasteiger partial charge in [0, 0.05) is 33.0 Å². The Morgan fingerprint density at radius 1 is 0.784 bits per heavy atom. The summed E-state index contributed by atoms with van der Waals surface area (Å²) in [5.74, 6) is 0.183. The Hall–Kier alpha value is -6.33. The largest absolute Gasteiger partial charge is 0.493 e. The average Bonchev–Trinajstić information content (AvgIpc) is 3.59. The molecule has 0 saturated carbocycles. The number of methoxy groups -OCH3 is 2. The van der Waals surface area contributed by atoms with Gasteiger partial charge < -0.3 is 29.8 Å². The van der Waals surface area contributed by atoms with Crippen LogP contribution in [0.2, 0.25) is 0 Å². The van der Waals surface area contributed by atoms with Crippen LogP contribution >= 0.6 is 11.8 Å². The number of fused-ring (bicyclic) bond motifs is 1. The van der Waals surface area contributed by atoms with Gasteiger partial charge in [0.1, 0.15) is 11.2 Å². The number of anilines is 2. The summed E-state index contributed by atoms with van der Waals surface area (Å²) < 4.78 is 16.8. The van der Waals surface area contributed by atoms with E-state index in [1.807, 2.05) is 42.5 Å². The molecule has 0 spiro atoms. The average molecular weight is 699 g/mol. The maximum atomic E-state index is 13.7. The lowest BCUT2D eigenvalue weighted by molar-refractivity contribution is -0.115. The number of carbonyl (C=O) groups is 3. The predicted octanol–water partition coefficient (Wildman–Crippen LogP) is 8.04. The Morgan fingerprint density at radius 2 is 1.53 bits per heavy atom. The molecule has 0 bridgehead atoms. The fourth-order valence-corrected chi connectivity index (χ4v) is 6.09. The van der Waals surface area contributed by atoms with Crippen LogP contribution in [0.15, 0.2) is 136 Å². The SMILES string of the molecule is COc1cccc(/C=C(/NC(=O)c2ccccc2)C(=O)Nc2cccc(SC(C)C(=O)Nc3ccc(-c4nc5ccccc5o4)cc3)c2)c1OC. The van der Waals surface area contributed by atoms with Gasteiger partial charge in [0.25, 0.3) is 11.8 Å². The Balaban J connectivity index is 1.13. The highest BCUT2D eigenvalue weighted by molar-refractivity contribution is 8.00. The van der Waals surface area contributed by atoms with E-state index in [1.165, 1.54) is 32.1 Å². The number of nitrogens with one attached hydrogen (secondary N) is 3. The van der Waals surface area contributed by atoms with E-state index >= 15 is 0 Å². The summed E-state index contributed by atoms with van der Waals surface area (Å²) in [6, 6.07) is 35.8.